The first-order valence-electron chi connectivity index (χ1n) is 3.14. The Hall–Kier alpha value is -0.820. The van der Waals surface area contributed by atoms with E-state index in [-0.39, 0.29) is 31.2 Å². The van der Waals surface area contributed by atoms with Gasteiger partial charge in [0, 0.05) is 6.42 Å². The minimum absolute atomic E-state index is 0. The largest absolute Gasteiger partial charge is 0.471 e. The van der Waals surface area contributed by atoms with Crippen molar-refractivity contribution in [1.29, 1.82) is 0 Å². The predicted octanol–water partition coefficient (Wildman–Crippen LogP) is 1.01. The van der Waals surface area contributed by atoms with Gasteiger partial charge in [0.2, 0.25) is 0 Å². The summed E-state index contributed by atoms with van der Waals surface area (Å²) >= 11 is 0. The highest BCUT2D eigenvalue weighted by Crippen LogP contribution is 2.27. The third-order valence-corrected chi connectivity index (χ3v) is 1.08. The number of alkyl halides is 3. The summed E-state index contributed by atoms with van der Waals surface area (Å²) < 4.78 is 39.4. The summed E-state index contributed by atoms with van der Waals surface area (Å²) in [4.78, 5) is 3.09. The fourth-order valence-electron chi connectivity index (χ4n) is 0.600. The van der Waals surface area contributed by atoms with E-state index in [4.69, 9.17) is 5.73 Å². The normalized spacial score (nSPS) is 11.1. The van der Waals surface area contributed by atoms with Crippen LogP contribution in [0.25, 0.3) is 0 Å². The third kappa shape index (κ3) is 3.19. The summed E-state index contributed by atoms with van der Waals surface area (Å²) in [5, 5.41) is 3.09. The minimum atomic E-state index is -4.57. The number of halogens is 4. The van der Waals surface area contributed by atoms with Crippen LogP contribution in [0.15, 0.2) is 4.52 Å². The molecule has 0 aliphatic rings. The van der Waals surface area contributed by atoms with Crippen molar-refractivity contribution in [2.45, 2.75) is 12.6 Å². The van der Waals surface area contributed by atoms with E-state index < -0.39 is 12.1 Å². The maximum atomic E-state index is 11.8. The van der Waals surface area contributed by atoms with E-state index in [1.54, 1.807) is 0 Å². The van der Waals surface area contributed by atoms with Crippen LogP contribution in [-0.4, -0.2) is 16.7 Å². The van der Waals surface area contributed by atoms with Crippen LogP contribution < -0.4 is 5.73 Å². The Bertz CT molecular complexity index is 262. The van der Waals surface area contributed by atoms with Crippen molar-refractivity contribution in [3.05, 3.63) is 11.7 Å². The monoisotopic (exact) mass is 217 g/mol. The van der Waals surface area contributed by atoms with Crippen LogP contribution >= 0.6 is 12.4 Å². The molecule has 0 fully saturated rings. The van der Waals surface area contributed by atoms with Gasteiger partial charge in [0.15, 0.2) is 5.82 Å². The molecule has 0 spiro atoms. The van der Waals surface area contributed by atoms with Gasteiger partial charge in [-0.3, -0.25) is 0 Å². The Balaban J connectivity index is 0.00000144. The first-order valence-corrected chi connectivity index (χ1v) is 3.14. The van der Waals surface area contributed by atoms with E-state index in [1.165, 1.54) is 0 Å². The number of nitrogens with zero attached hydrogens (tertiary/aromatic N) is 2. The highest BCUT2D eigenvalue weighted by molar-refractivity contribution is 5.85. The molecule has 13 heavy (non-hydrogen) atoms. The zero-order valence-corrected chi connectivity index (χ0v) is 7.15. The Morgan fingerprint density at radius 2 is 2.00 bits per heavy atom. The molecular weight excluding hydrogens is 211 g/mol. The van der Waals surface area contributed by atoms with Crippen LogP contribution in [0.2, 0.25) is 0 Å². The van der Waals surface area contributed by atoms with Crippen molar-refractivity contribution in [3.63, 3.8) is 0 Å². The molecule has 0 amide bonds. The van der Waals surface area contributed by atoms with Gasteiger partial charge < -0.3 is 10.3 Å². The van der Waals surface area contributed by atoms with Crippen molar-refractivity contribution in [3.8, 4) is 0 Å². The molecule has 0 radical (unpaired) electrons. The standard InChI is InChI=1S/C5H6F3N3O.ClH/c6-5(7,8)4-10-3(1-2-9)11-12-4;/h1-2,9H2;1H. The molecule has 0 aromatic carbocycles. The van der Waals surface area contributed by atoms with Gasteiger partial charge in [-0.15, -0.1) is 12.4 Å². The van der Waals surface area contributed by atoms with E-state index in [9.17, 15) is 13.2 Å². The molecule has 0 aliphatic carbocycles. The van der Waals surface area contributed by atoms with Gasteiger partial charge in [-0.1, -0.05) is 5.16 Å². The summed E-state index contributed by atoms with van der Waals surface area (Å²) in [6.45, 7) is 0.191. The average molecular weight is 218 g/mol. The maximum Gasteiger partial charge on any atom is 0.471 e. The molecule has 1 aromatic rings. The molecule has 0 saturated heterocycles. The molecule has 0 unspecified atom stereocenters. The first-order chi connectivity index (χ1) is 5.54. The van der Waals surface area contributed by atoms with E-state index >= 15 is 0 Å². The van der Waals surface area contributed by atoms with Crippen molar-refractivity contribution in [1.82, 2.24) is 10.1 Å². The lowest BCUT2D eigenvalue weighted by Gasteiger charge is -1.95. The second kappa shape index (κ2) is 4.43. The van der Waals surface area contributed by atoms with Gasteiger partial charge in [-0.25, -0.2) is 0 Å². The fourth-order valence-corrected chi connectivity index (χ4v) is 0.600. The van der Waals surface area contributed by atoms with Crippen molar-refractivity contribution in [2.24, 2.45) is 5.73 Å². The van der Waals surface area contributed by atoms with Crippen molar-refractivity contribution >= 4 is 12.4 Å². The van der Waals surface area contributed by atoms with Gasteiger partial charge in [0.05, 0.1) is 0 Å². The topological polar surface area (TPSA) is 64.9 Å². The van der Waals surface area contributed by atoms with Gasteiger partial charge >= 0.3 is 12.1 Å². The Morgan fingerprint density at radius 1 is 1.38 bits per heavy atom. The molecule has 1 heterocycles. The molecule has 0 bridgehead atoms. The lowest BCUT2D eigenvalue weighted by Crippen LogP contribution is -2.07. The number of hydrogen-bond donors (Lipinski definition) is 1. The number of nitrogens with two attached hydrogens (primary N) is 1. The molecule has 4 nitrogen and oxygen atoms in total. The van der Waals surface area contributed by atoms with Crippen molar-refractivity contribution in [2.75, 3.05) is 6.54 Å². The van der Waals surface area contributed by atoms with E-state index in [0.717, 1.165) is 0 Å². The first kappa shape index (κ1) is 12.2. The van der Waals surface area contributed by atoms with Crippen LogP contribution in [0.1, 0.15) is 11.7 Å². The summed E-state index contributed by atoms with van der Waals surface area (Å²) in [5.74, 6) is -1.35. The molecular formula is C5H7ClF3N3O. The Kier molecular flexibility index (Phi) is 4.15. The molecule has 1 aromatic heterocycles. The molecule has 76 valence electrons. The number of rotatable bonds is 2. The zero-order chi connectivity index (χ0) is 9.19. The summed E-state index contributed by atoms with van der Waals surface area (Å²) in [6, 6.07) is 0. The maximum absolute atomic E-state index is 11.8. The van der Waals surface area contributed by atoms with Crippen LogP contribution in [0.4, 0.5) is 13.2 Å². The van der Waals surface area contributed by atoms with Crippen LogP contribution in [-0.2, 0) is 12.6 Å². The predicted molar refractivity (Wildman–Crippen MR) is 39.3 cm³/mol. The molecule has 0 atom stereocenters. The average Bonchev–Trinajstić information content (AvgIpc) is 2.35. The number of hydrogen-bond acceptors (Lipinski definition) is 4. The second-order valence-corrected chi connectivity index (χ2v) is 2.05. The Morgan fingerprint density at radius 3 is 2.38 bits per heavy atom. The molecule has 2 N–H and O–H groups in total. The van der Waals surface area contributed by atoms with Crippen LogP contribution in [0.5, 0.6) is 0 Å². The highest BCUT2D eigenvalue weighted by atomic mass is 35.5. The summed E-state index contributed by atoms with van der Waals surface area (Å²) in [5.41, 5.74) is 5.08. The third-order valence-electron chi connectivity index (χ3n) is 1.08. The summed E-state index contributed by atoms with van der Waals surface area (Å²) in [7, 11) is 0. The van der Waals surface area contributed by atoms with E-state index in [2.05, 4.69) is 14.7 Å². The van der Waals surface area contributed by atoms with Gasteiger partial charge in [-0.2, -0.15) is 18.2 Å². The molecule has 0 saturated carbocycles. The lowest BCUT2D eigenvalue weighted by molar-refractivity contribution is -0.159. The van der Waals surface area contributed by atoms with Crippen LogP contribution in [0.3, 0.4) is 0 Å². The van der Waals surface area contributed by atoms with Gasteiger partial charge in [0.25, 0.3) is 0 Å². The minimum Gasteiger partial charge on any atom is -0.330 e. The molecule has 0 aliphatic heterocycles. The summed E-state index contributed by atoms with van der Waals surface area (Å²) in [6.07, 6.45) is -4.39. The van der Waals surface area contributed by atoms with E-state index in [0.29, 0.717) is 0 Å². The molecule has 1 rings (SSSR count). The Labute approximate surface area is 77.7 Å². The SMILES string of the molecule is Cl.NCCc1noc(C(F)(F)F)n1. The van der Waals surface area contributed by atoms with Crippen molar-refractivity contribution < 1.29 is 17.7 Å². The van der Waals surface area contributed by atoms with Crippen LogP contribution in [0, 0.1) is 0 Å². The highest BCUT2D eigenvalue weighted by Gasteiger charge is 2.38. The smallest absolute Gasteiger partial charge is 0.330 e. The number of aromatic nitrogens is 2. The lowest BCUT2D eigenvalue weighted by atomic mass is 10.4. The quantitative estimate of drug-likeness (QED) is 0.803. The fraction of sp³-hybridized carbons (Fsp3) is 0.600. The molecule has 8 heteroatoms. The van der Waals surface area contributed by atoms with E-state index in [1.807, 2.05) is 0 Å². The second-order valence-electron chi connectivity index (χ2n) is 2.05. The zero-order valence-electron chi connectivity index (χ0n) is 6.34. The van der Waals surface area contributed by atoms with Gasteiger partial charge in [-0.05, 0) is 6.54 Å². The van der Waals surface area contributed by atoms with Gasteiger partial charge in [0.1, 0.15) is 0 Å².